The lowest BCUT2D eigenvalue weighted by atomic mass is 10.1. The van der Waals surface area contributed by atoms with Crippen LogP contribution in [0.25, 0.3) is 0 Å². The van der Waals surface area contributed by atoms with Gasteiger partial charge in [-0.1, -0.05) is 17.7 Å². The summed E-state index contributed by atoms with van der Waals surface area (Å²) in [5.74, 6) is 0. The van der Waals surface area contributed by atoms with Crippen LogP contribution in [0.5, 0.6) is 0 Å². The van der Waals surface area contributed by atoms with E-state index in [1.54, 1.807) is 30.3 Å². The summed E-state index contributed by atoms with van der Waals surface area (Å²) in [5, 5.41) is 0.432. The average Bonchev–Trinajstić information content (AvgIpc) is 2.43. The lowest BCUT2D eigenvalue weighted by Gasteiger charge is -2.21. The second-order valence-corrected chi connectivity index (χ2v) is 7.33. The zero-order valence-electron chi connectivity index (χ0n) is 12.1. The molecule has 2 aromatic rings. The number of hydrogen-bond donors (Lipinski definition) is 1. The van der Waals surface area contributed by atoms with Gasteiger partial charge in [-0.05, 0) is 55.3 Å². The summed E-state index contributed by atoms with van der Waals surface area (Å²) in [6.45, 7) is 3.81. The molecule has 0 bridgehead atoms. The fourth-order valence-electron chi connectivity index (χ4n) is 1.95. The van der Waals surface area contributed by atoms with Crippen LogP contribution in [0, 0.1) is 13.8 Å². The Morgan fingerprint density at radius 1 is 1.05 bits per heavy atom. The van der Waals surface area contributed by atoms with E-state index in [0.29, 0.717) is 16.4 Å². The van der Waals surface area contributed by atoms with Crippen molar-refractivity contribution in [3.8, 4) is 0 Å². The van der Waals surface area contributed by atoms with Gasteiger partial charge in [-0.25, -0.2) is 8.42 Å². The first-order chi connectivity index (χ1) is 9.73. The van der Waals surface area contributed by atoms with Gasteiger partial charge in [0.1, 0.15) is 0 Å². The maximum absolute atomic E-state index is 12.7. The summed E-state index contributed by atoms with van der Waals surface area (Å²) in [7, 11) is -2.21. The summed E-state index contributed by atoms with van der Waals surface area (Å²) >= 11 is 5.93. The summed E-state index contributed by atoms with van der Waals surface area (Å²) in [6, 6.07) is 9.78. The molecule has 2 aromatic carbocycles. The molecule has 0 aliphatic heterocycles. The Morgan fingerprint density at radius 2 is 1.71 bits per heavy atom. The van der Waals surface area contributed by atoms with E-state index in [9.17, 15) is 8.42 Å². The molecule has 112 valence electrons. The van der Waals surface area contributed by atoms with E-state index in [2.05, 4.69) is 0 Å². The lowest BCUT2D eigenvalue weighted by molar-refractivity contribution is 0.594. The molecular weight excluding hydrogens is 308 g/mol. The van der Waals surface area contributed by atoms with E-state index in [1.807, 2.05) is 13.8 Å². The third kappa shape index (κ3) is 2.99. The number of rotatable bonds is 3. The molecule has 4 nitrogen and oxygen atoms in total. The van der Waals surface area contributed by atoms with Crippen molar-refractivity contribution in [3.63, 3.8) is 0 Å². The first-order valence-corrected chi connectivity index (χ1v) is 8.16. The van der Waals surface area contributed by atoms with Gasteiger partial charge in [-0.3, -0.25) is 4.31 Å². The third-order valence-corrected chi connectivity index (χ3v) is 5.47. The van der Waals surface area contributed by atoms with E-state index < -0.39 is 10.0 Å². The zero-order valence-corrected chi connectivity index (χ0v) is 13.7. The quantitative estimate of drug-likeness (QED) is 0.880. The van der Waals surface area contributed by atoms with E-state index in [4.69, 9.17) is 17.3 Å². The SMILES string of the molecule is Cc1ccc(S(=O)(=O)N(C)c2cc(Cl)ccc2N)cc1C. The Kier molecular flexibility index (Phi) is 4.16. The minimum absolute atomic E-state index is 0.229. The van der Waals surface area contributed by atoms with Crippen LogP contribution in [0.15, 0.2) is 41.3 Å². The van der Waals surface area contributed by atoms with Crippen LogP contribution >= 0.6 is 11.6 Å². The normalized spacial score (nSPS) is 11.4. The molecule has 0 atom stereocenters. The van der Waals surface area contributed by atoms with Crippen LogP contribution in [0.2, 0.25) is 5.02 Å². The Labute approximate surface area is 130 Å². The number of hydrogen-bond acceptors (Lipinski definition) is 3. The molecule has 0 aliphatic rings. The van der Waals surface area contributed by atoms with Gasteiger partial charge in [-0.15, -0.1) is 0 Å². The van der Waals surface area contributed by atoms with Gasteiger partial charge in [0.2, 0.25) is 0 Å². The molecule has 21 heavy (non-hydrogen) atoms. The average molecular weight is 325 g/mol. The highest BCUT2D eigenvalue weighted by Gasteiger charge is 2.23. The van der Waals surface area contributed by atoms with Crippen LogP contribution in [-0.4, -0.2) is 15.5 Å². The molecule has 0 radical (unpaired) electrons. The molecule has 0 fully saturated rings. The molecule has 0 unspecified atom stereocenters. The molecule has 0 aromatic heterocycles. The highest BCUT2D eigenvalue weighted by molar-refractivity contribution is 7.92. The highest BCUT2D eigenvalue weighted by atomic mass is 35.5. The molecular formula is C15H17ClN2O2S. The van der Waals surface area contributed by atoms with Crippen molar-refractivity contribution in [3.05, 3.63) is 52.5 Å². The van der Waals surface area contributed by atoms with Crippen molar-refractivity contribution < 1.29 is 8.42 Å². The van der Waals surface area contributed by atoms with Gasteiger partial charge in [0.25, 0.3) is 10.0 Å². The molecule has 0 saturated carbocycles. The maximum Gasteiger partial charge on any atom is 0.264 e. The molecule has 0 aliphatic carbocycles. The van der Waals surface area contributed by atoms with E-state index in [0.717, 1.165) is 15.4 Å². The molecule has 0 heterocycles. The molecule has 0 spiro atoms. The van der Waals surface area contributed by atoms with Crippen molar-refractivity contribution in [2.24, 2.45) is 0 Å². The molecule has 0 saturated heterocycles. The first-order valence-electron chi connectivity index (χ1n) is 6.34. The Bertz CT molecular complexity index is 788. The van der Waals surface area contributed by atoms with Crippen molar-refractivity contribution in [1.29, 1.82) is 0 Å². The Balaban J connectivity index is 2.52. The lowest BCUT2D eigenvalue weighted by Crippen LogP contribution is -2.27. The topological polar surface area (TPSA) is 63.4 Å². The van der Waals surface area contributed by atoms with E-state index in [-0.39, 0.29) is 4.90 Å². The predicted molar refractivity (Wildman–Crippen MR) is 87.4 cm³/mol. The second-order valence-electron chi connectivity index (χ2n) is 4.92. The van der Waals surface area contributed by atoms with Gasteiger partial charge in [0.05, 0.1) is 16.3 Å². The predicted octanol–water partition coefficient (Wildman–Crippen LogP) is 3.36. The van der Waals surface area contributed by atoms with Crippen molar-refractivity contribution in [1.82, 2.24) is 0 Å². The summed E-state index contributed by atoms with van der Waals surface area (Å²) in [4.78, 5) is 0.229. The summed E-state index contributed by atoms with van der Waals surface area (Å²) in [6.07, 6.45) is 0. The fourth-order valence-corrected chi connectivity index (χ4v) is 3.42. The van der Waals surface area contributed by atoms with Crippen LogP contribution in [0.4, 0.5) is 11.4 Å². The zero-order chi connectivity index (χ0) is 15.8. The third-order valence-electron chi connectivity index (χ3n) is 3.47. The Morgan fingerprint density at radius 3 is 2.33 bits per heavy atom. The number of nitrogen functional groups attached to an aromatic ring is 1. The number of halogens is 1. The number of aryl methyl sites for hydroxylation is 2. The minimum atomic E-state index is -3.68. The molecule has 6 heteroatoms. The molecule has 2 rings (SSSR count). The number of nitrogens with two attached hydrogens (primary N) is 1. The highest BCUT2D eigenvalue weighted by Crippen LogP contribution is 2.30. The van der Waals surface area contributed by atoms with Gasteiger partial charge in [0, 0.05) is 12.1 Å². The fraction of sp³-hybridized carbons (Fsp3) is 0.200. The molecule has 2 N–H and O–H groups in total. The van der Waals surface area contributed by atoms with Gasteiger partial charge >= 0.3 is 0 Å². The largest absolute Gasteiger partial charge is 0.397 e. The molecule has 0 amide bonds. The first kappa shape index (κ1) is 15.7. The van der Waals surface area contributed by atoms with Crippen LogP contribution in [0.3, 0.4) is 0 Å². The Hall–Kier alpha value is -1.72. The summed E-state index contributed by atoms with van der Waals surface area (Å²) in [5.41, 5.74) is 8.53. The van der Waals surface area contributed by atoms with Crippen LogP contribution in [0.1, 0.15) is 11.1 Å². The van der Waals surface area contributed by atoms with Crippen LogP contribution < -0.4 is 10.0 Å². The smallest absolute Gasteiger partial charge is 0.264 e. The number of nitrogens with zero attached hydrogens (tertiary/aromatic N) is 1. The van der Waals surface area contributed by atoms with E-state index in [1.165, 1.54) is 13.1 Å². The monoisotopic (exact) mass is 324 g/mol. The van der Waals surface area contributed by atoms with Crippen molar-refractivity contribution in [2.45, 2.75) is 18.7 Å². The van der Waals surface area contributed by atoms with Gasteiger partial charge < -0.3 is 5.73 Å². The van der Waals surface area contributed by atoms with Crippen molar-refractivity contribution in [2.75, 3.05) is 17.1 Å². The maximum atomic E-state index is 12.7. The van der Waals surface area contributed by atoms with Gasteiger partial charge in [-0.2, -0.15) is 0 Å². The van der Waals surface area contributed by atoms with Gasteiger partial charge in [0.15, 0.2) is 0 Å². The minimum Gasteiger partial charge on any atom is -0.397 e. The second kappa shape index (κ2) is 5.58. The van der Waals surface area contributed by atoms with Crippen LogP contribution in [-0.2, 0) is 10.0 Å². The summed E-state index contributed by atoms with van der Waals surface area (Å²) < 4.78 is 26.5. The number of benzene rings is 2. The number of anilines is 2. The van der Waals surface area contributed by atoms with E-state index >= 15 is 0 Å². The standard InChI is InChI=1S/C15H17ClN2O2S/c1-10-4-6-13(8-11(10)2)21(19,20)18(3)15-9-12(16)5-7-14(15)17/h4-9H,17H2,1-3H3. The van der Waals surface area contributed by atoms with Crippen molar-refractivity contribution >= 4 is 33.0 Å². The number of sulfonamides is 1.